The Morgan fingerprint density at radius 2 is 2.53 bits per heavy atom. The first-order valence-electron chi connectivity index (χ1n) is 6.01. The van der Waals surface area contributed by atoms with Gasteiger partial charge in [0.2, 0.25) is 0 Å². The lowest BCUT2D eigenvalue weighted by molar-refractivity contribution is -0.148. The fourth-order valence-electron chi connectivity index (χ4n) is 2.68. The molecule has 0 bridgehead atoms. The van der Waals surface area contributed by atoms with E-state index in [0.29, 0.717) is 0 Å². The number of rotatable bonds is 4. The van der Waals surface area contributed by atoms with Crippen LogP contribution in [0.2, 0.25) is 0 Å². The summed E-state index contributed by atoms with van der Waals surface area (Å²) in [5.41, 5.74) is 5.40. The number of carbonyl (C=O) groups is 1. The lowest BCUT2D eigenvalue weighted by Crippen LogP contribution is -2.51. The van der Waals surface area contributed by atoms with E-state index < -0.39 is 5.54 Å². The van der Waals surface area contributed by atoms with E-state index in [1.807, 2.05) is 16.9 Å². The maximum atomic E-state index is 11.7. The third-order valence-corrected chi connectivity index (χ3v) is 3.70. The van der Waals surface area contributed by atoms with E-state index in [1.165, 1.54) is 7.11 Å². The van der Waals surface area contributed by atoms with Gasteiger partial charge in [-0.05, 0) is 31.2 Å². The average molecular weight is 237 g/mol. The fourth-order valence-corrected chi connectivity index (χ4v) is 2.68. The largest absolute Gasteiger partial charge is 0.468 e. The Labute approximate surface area is 101 Å². The van der Waals surface area contributed by atoms with Gasteiger partial charge in [-0.25, -0.2) is 0 Å². The number of hydrogen-bond acceptors (Lipinski definition) is 4. The van der Waals surface area contributed by atoms with Crippen LogP contribution in [0.25, 0.3) is 0 Å². The number of ether oxygens (including phenoxy) is 1. The number of methoxy groups -OCH3 is 1. The zero-order valence-corrected chi connectivity index (χ0v) is 10.1. The Balaban J connectivity index is 1.97. The normalized spacial score (nSPS) is 28.2. The molecule has 0 saturated heterocycles. The minimum Gasteiger partial charge on any atom is -0.468 e. The van der Waals surface area contributed by atoms with Crippen molar-refractivity contribution < 1.29 is 9.53 Å². The molecule has 1 aromatic rings. The molecule has 1 aliphatic rings. The van der Waals surface area contributed by atoms with Gasteiger partial charge in [-0.2, -0.15) is 5.10 Å². The highest BCUT2D eigenvalue weighted by Crippen LogP contribution is 2.37. The molecular formula is C12H19N3O2. The minimum absolute atomic E-state index is 0.194. The number of aryl methyl sites for hydroxylation is 1. The van der Waals surface area contributed by atoms with Crippen molar-refractivity contribution in [2.24, 2.45) is 11.7 Å². The zero-order chi connectivity index (χ0) is 12.3. The van der Waals surface area contributed by atoms with Crippen molar-refractivity contribution >= 4 is 5.97 Å². The second kappa shape index (κ2) is 4.87. The molecule has 2 rings (SSSR count). The monoisotopic (exact) mass is 237 g/mol. The summed E-state index contributed by atoms with van der Waals surface area (Å²) in [5, 5.41) is 4.15. The van der Waals surface area contributed by atoms with E-state index >= 15 is 0 Å². The first-order valence-corrected chi connectivity index (χ1v) is 6.01. The Kier molecular flexibility index (Phi) is 3.47. The van der Waals surface area contributed by atoms with E-state index in [-0.39, 0.29) is 11.9 Å². The Morgan fingerprint density at radius 3 is 3.18 bits per heavy atom. The number of aromatic nitrogens is 2. The lowest BCUT2D eigenvalue weighted by Gasteiger charge is -2.28. The molecule has 5 nitrogen and oxygen atoms in total. The topological polar surface area (TPSA) is 70.1 Å². The highest BCUT2D eigenvalue weighted by atomic mass is 16.5. The Morgan fingerprint density at radius 1 is 1.71 bits per heavy atom. The molecule has 0 amide bonds. The highest BCUT2D eigenvalue weighted by Gasteiger charge is 2.46. The van der Waals surface area contributed by atoms with Gasteiger partial charge in [-0.3, -0.25) is 9.48 Å². The van der Waals surface area contributed by atoms with Gasteiger partial charge in [0.1, 0.15) is 5.54 Å². The van der Waals surface area contributed by atoms with E-state index in [1.54, 1.807) is 6.20 Å². The van der Waals surface area contributed by atoms with Gasteiger partial charge in [0.25, 0.3) is 0 Å². The molecule has 1 fully saturated rings. The van der Waals surface area contributed by atoms with Crippen LogP contribution >= 0.6 is 0 Å². The fraction of sp³-hybridized carbons (Fsp3) is 0.667. The van der Waals surface area contributed by atoms with Gasteiger partial charge in [-0.1, -0.05) is 6.42 Å². The van der Waals surface area contributed by atoms with Crippen LogP contribution in [0.3, 0.4) is 0 Å². The van der Waals surface area contributed by atoms with Crippen LogP contribution in [-0.4, -0.2) is 28.4 Å². The van der Waals surface area contributed by atoms with Crippen LogP contribution < -0.4 is 5.73 Å². The van der Waals surface area contributed by atoms with Crippen molar-refractivity contribution in [1.29, 1.82) is 0 Å². The summed E-state index contributed by atoms with van der Waals surface area (Å²) in [6.45, 7) is 0.799. The van der Waals surface area contributed by atoms with Crippen LogP contribution in [0, 0.1) is 5.92 Å². The van der Waals surface area contributed by atoms with E-state index in [9.17, 15) is 4.79 Å². The molecule has 0 spiro atoms. The summed E-state index contributed by atoms with van der Waals surface area (Å²) in [4.78, 5) is 11.7. The third-order valence-electron chi connectivity index (χ3n) is 3.70. The highest BCUT2D eigenvalue weighted by molar-refractivity contribution is 5.81. The molecule has 1 aromatic heterocycles. The molecule has 1 saturated carbocycles. The molecule has 2 N–H and O–H groups in total. The van der Waals surface area contributed by atoms with Gasteiger partial charge in [0.15, 0.2) is 0 Å². The molecule has 0 radical (unpaired) electrons. The molecule has 5 heteroatoms. The summed E-state index contributed by atoms with van der Waals surface area (Å²) in [5.74, 6) is -0.0837. The summed E-state index contributed by atoms with van der Waals surface area (Å²) >= 11 is 0. The van der Waals surface area contributed by atoms with Crippen molar-refractivity contribution in [1.82, 2.24) is 9.78 Å². The number of carbonyl (C=O) groups excluding carboxylic acids is 1. The molecule has 17 heavy (non-hydrogen) atoms. The van der Waals surface area contributed by atoms with Crippen molar-refractivity contribution in [3.05, 3.63) is 18.5 Å². The summed E-state index contributed by atoms with van der Waals surface area (Å²) in [6.07, 6.45) is 7.26. The number of hydrogen-bond donors (Lipinski definition) is 1. The van der Waals surface area contributed by atoms with Crippen LogP contribution in [0.4, 0.5) is 0 Å². The first-order chi connectivity index (χ1) is 8.16. The third kappa shape index (κ3) is 2.34. The van der Waals surface area contributed by atoms with Gasteiger partial charge >= 0.3 is 5.97 Å². The molecular weight excluding hydrogens is 218 g/mol. The Bertz CT molecular complexity index is 377. The van der Waals surface area contributed by atoms with Crippen molar-refractivity contribution in [2.75, 3.05) is 7.11 Å². The maximum absolute atomic E-state index is 11.7. The number of esters is 1. The minimum atomic E-state index is -0.790. The SMILES string of the molecule is COC(=O)C1(N)CCCC1CCn1cccn1. The molecule has 0 aliphatic heterocycles. The van der Waals surface area contributed by atoms with Gasteiger partial charge in [0.05, 0.1) is 7.11 Å². The van der Waals surface area contributed by atoms with E-state index in [2.05, 4.69) is 5.10 Å². The summed E-state index contributed by atoms with van der Waals surface area (Å²) in [7, 11) is 1.40. The van der Waals surface area contributed by atoms with Crippen LogP contribution in [0.1, 0.15) is 25.7 Å². The molecule has 1 heterocycles. The first kappa shape index (κ1) is 12.1. The quantitative estimate of drug-likeness (QED) is 0.791. The number of nitrogens with zero attached hydrogens (tertiary/aromatic N) is 2. The summed E-state index contributed by atoms with van der Waals surface area (Å²) in [6, 6.07) is 1.89. The smallest absolute Gasteiger partial charge is 0.326 e. The molecule has 94 valence electrons. The number of nitrogens with two attached hydrogens (primary N) is 1. The van der Waals surface area contributed by atoms with Crippen molar-refractivity contribution in [3.8, 4) is 0 Å². The second-order valence-corrected chi connectivity index (χ2v) is 4.68. The van der Waals surface area contributed by atoms with Gasteiger partial charge < -0.3 is 10.5 Å². The predicted octanol–water partition coefficient (Wildman–Crippen LogP) is 0.944. The summed E-state index contributed by atoms with van der Waals surface area (Å²) < 4.78 is 6.69. The standard InChI is InChI=1S/C12H19N3O2/c1-17-11(16)12(13)6-2-4-10(12)5-9-15-8-3-7-14-15/h3,7-8,10H,2,4-6,9,13H2,1H3. The van der Waals surface area contributed by atoms with Crippen LogP contribution in [-0.2, 0) is 16.1 Å². The average Bonchev–Trinajstić information content (AvgIpc) is 2.95. The van der Waals surface area contributed by atoms with Crippen LogP contribution in [0.5, 0.6) is 0 Å². The van der Waals surface area contributed by atoms with Crippen LogP contribution in [0.15, 0.2) is 18.5 Å². The lowest BCUT2D eigenvalue weighted by atomic mass is 9.85. The second-order valence-electron chi connectivity index (χ2n) is 4.68. The zero-order valence-electron chi connectivity index (χ0n) is 10.1. The maximum Gasteiger partial charge on any atom is 0.326 e. The van der Waals surface area contributed by atoms with Crippen molar-refractivity contribution in [3.63, 3.8) is 0 Å². The predicted molar refractivity (Wildman–Crippen MR) is 63.1 cm³/mol. The van der Waals surface area contributed by atoms with E-state index in [4.69, 9.17) is 10.5 Å². The van der Waals surface area contributed by atoms with E-state index in [0.717, 1.165) is 32.2 Å². The molecule has 1 aliphatic carbocycles. The van der Waals surface area contributed by atoms with Gasteiger partial charge in [0, 0.05) is 18.9 Å². The molecule has 2 atom stereocenters. The van der Waals surface area contributed by atoms with Gasteiger partial charge in [-0.15, -0.1) is 0 Å². The van der Waals surface area contributed by atoms with Crippen molar-refractivity contribution in [2.45, 2.75) is 37.8 Å². The molecule has 2 unspecified atom stereocenters. The molecule has 0 aromatic carbocycles. The Hall–Kier alpha value is -1.36.